The second kappa shape index (κ2) is 7.47. The number of carbonyl (C=O) groups excluding carboxylic acids is 2. The number of ether oxygens (including phenoxy) is 1. The van der Waals surface area contributed by atoms with Crippen LogP contribution in [0.15, 0.2) is 52.9 Å². The predicted molar refractivity (Wildman–Crippen MR) is 95.0 cm³/mol. The number of rotatable bonds is 5. The third kappa shape index (κ3) is 4.04. The van der Waals surface area contributed by atoms with Crippen molar-refractivity contribution in [2.75, 3.05) is 17.7 Å². The van der Waals surface area contributed by atoms with Crippen LogP contribution in [0.3, 0.4) is 0 Å². The molecule has 3 aromatic rings. The molecular weight excluding hydrogens is 336 g/mol. The van der Waals surface area contributed by atoms with Crippen LogP contribution in [0.25, 0.3) is 11.5 Å². The first-order valence-corrected chi connectivity index (χ1v) is 7.72. The number of amides is 2. The molecule has 0 saturated heterocycles. The lowest BCUT2D eigenvalue weighted by Crippen LogP contribution is -2.12. The largest absolute Gasteiger partial charge is 0.497 e. The zero-order chi connectivity index (χ0) is 18.5. The topological polar surface area (TPSA) is 106 Å². The van der Waals surface area contributed by atoms with Gasteiger partial charge in [-0.15, -0.1) is 10.2 Å². The number of nitrogens with one attached hydrogen (secondary N) is 2. The molecule has 0 fully saturated rings. The third-order valence-electron chi connectivity index (χ3n) is 3.40. The average molecular weight is 352 g/mol. The van der Waals surface area contributed by atoms with E-state index < -0.39 is 5.91 Å². The van der Waals surface area contributed by atoms with Gasteiger partial charge in [0.25, 0.3) is 0 Å². The first-order valence-electron chi connectivity index (χ1n) is 7.72. The minimum atomic E-state index is -0.529. The van der Waals surface area contributed by atoms with Gasteiger partial charge >= 0.3 is 11.8 Å². The van der Waals surface area contributed by atoms with Gasteiger partial charge in [0.15, 0.2) is 0 Å². The van der Waals surface area contributed by atoms with Crippen LogP contribution in [0.5, 0.6) is 5.75 Å². The van der Waals surface area contributed by atoms with Crippen LogP contribution in [0.2, 0.25) is 0 Å². The molecule has 132 valence electrons. The molecule has 0 bridgehead atoms. The molecule has 0 saturated carbocycles. The van der Waals surface area contributed by atoms with E-state index in [1.54, 1.807) is 55.6 Å². The summed E-state index contributed by atoms with van der Waals surface area (Å²) in [5.41, 5.74) is 1.81. The lowest BCUT2D eigenvalue weighted by molar-refractivity contribution is -0.114. The van der Waals surface area contributed by atoms with Gasteiger partial charge in [-0.3, -0.25) is 9.59 Å². The van der Waals surface area contributed by atoms with E-state index in [-0.39, 0.29) is 17.7 Å². The number of hydrogen-bond donors (Lipinski definition) is 2. The highest BCUT2D eigenvalue weighted by Crippen LogP contribution is 2.23. The number of benzene rings is 2. The second-order valence-electron chi connectivity index (χ2n) is 5.36. The smallest absolute Gasteiger partial charge is 0.313 e. The van der Waals surface area contributed by atoms with Crippen molar-refractivity contribution in [1.29, 1.82) is 0 Å². The van der Waals surface area contributed by atoms with Gasteiger partial charge < -0.3 is 19.8 Å². The fourth-order valence-electron chi connectivity index (χ4n) is 2.21. The number of nitrogens with zero attached hydrogens (tertiary/aromatic N) is 2. The molecule has 0 atom stereocenters. The Labute approximate surface area is 149 Å². The molecule has 2 amide bonds. The zero-order valence-corrected chi connectivity index (χ0v) is 14.1. The summed E-state index contributed by atoms with van der Waals surface area (Å²) in [6.07, 6.45) is 0. The minimum absolute atomic E-state index is 0.159. The van der Waals surface area contributed by atoms with E-state index in [2.05, 4.69) is 20.8 Å². The molecule has 0 spiro atoms. The highest BCUT2D eigenvalue weighted by atomic mass is 16.5. The van der Waals surface area contributed by atoms with E-state index in [0.29, 0.717) is 22.7 Å². The first-order chi connectivity index (χ1) is 12.5. The van der Waals surface area contributed by atoms with Crippen LogP contribution in [0, 0.1) is 0 Å². The summed E-state index contributed by atoms with van der Waals surface area (Å²) in [5.74, 6) is 0.00594. The maximum Gasteiger partial charge on any atom is 0.313 e. The van der Waals surface area contributed by atoms with Crippen LogP contribution in [0.4, 0.5) is 11.4 Å². The van der Waals surface area contributed by atoms with Crippen molar-refractivity contribution in [3.63, 3.8) is 0 Å². The lowest BCUT2D eigenvalue weighted by Gasteiger charge is -2.05. The lowest BCUT2D eigenvalue weighted by atomic mass is 10.2. The monoisotopic (exact) mass is 352 g/mol. The summed E-state index contributed by atoms with van der Waals surface area (Å²) in [4.78, 5) is 23.2. The van der Waals surface area contributed by atoms with Crippen LogP contribution >= 0.6 is 0 Å². The van der Waals surface area contributed by atoms with Crippen molar-refractivity contribution in [2.45, 2.75) is 6.92 Å². The molecule has 0 aliphatic heterocycles. The molecule has 0 aliphatic carbocycles. The molecule has 0 aliphatic rings. The number of hydrogen-bond acceptors (Lipinski definition) is 6. The normalized spacial score (nSPS) is 10.2. The van der Waals surface area contributed by atoms with Crippen molar-refractivity contribution in [2.24, 2.45) is 0 Å². The van der Waals surface area contributed by atoms with Crippen LogP contribution in [-0.4, -0.2) is 29.1 Å². The Morgan fingerprint density at radius 3 is 2.35 bits per heavy atom. The highest BCUT2D eigenvalue weighted by molar-refractivity contribution is 6.01. The summed E-state index contributed by atoms with van der Waals surface area (Å²) >= 11 is 0. The maximum atomic E-state index is 12.2. The van der Waals surface area contributed by atoms with Crippen molar-refractivity contribution >= 4 is 23.2 Å². The number of aromatic nitrogens is 2. The minimum Gasteiger partial charge on any atom is -0.497 e. The molecule has 2 N–H and O–H groups in total. The summed E-state index contributed by atoms with van der Waals surface area (Å²) in [7, 11) is 1.56. The van der Waals surface area contributed by atoms with E-state index in [4.69, 9.17) is 9.15 Å². The number of methoxy groups -OCH3 is 1. The molecule has 0 radical (unpaired) electrons. The van der Waals surface area contributed by atoms with E-state index in [1.165, 1.54) is 6.92 Å². The summed E-state index contributed by atoms with van der Waals surface area (Å²) in [6, 6.07) is 13.7. The molecule has 0 unspecified atom stereocenters. The molecular formula is C18H16N4O4. The maximum absolute atomic E-state index is 12.2. The third-order valence-corrected chi connectivity index (χ3v) is 3.40. The Hall–Kier alpha value is -3.68. The summed E-state index contributed by atoms with van der Waals surface area (Å²) < 4.78 is 10.6. The van der Waals surface area contributed by atoms with E-state index >= 15 is 0 Å². The van der Waals surface area contributed by atoms with Gasteiger partial charge in [-0.05, 0) is 42.5 Å². The Kier molecular flexibility index (Phi) is 4.93. The molecule has 8 heteroatoms. The van der Waals surface area contributed by atoms with Crippen molar-refractivity contribution in [3.8, 4) is 17.2 Å². The van der Waals surface area contributed by atoms with E-state index in [1.807, 2.05) is 0 Å². The molecule has 8 nitrogen and oxygen atoms in total. The van der Waals surface area contributed by atoms with Gasteiger partial charge in [-0.2, -0.15) is 0 Å². The molecule has 3 rings (SSSR count). The van der Waals surface area contributed by atoms with E-state index in [0.717, 1.165) is 0 Å². The molecule has 26 heavy (non-hydrogen) atoms. The van der Waals surface area contributed by atoms with Crippen LogP contribution in [0.1, 0.15) is 17.6 Å². The van der Waals surface area contributed by atoms with E-state index in [9.17, 15) is 9.59 Å². The van der Waals surface area contributed by atoms with Crippen molar-refractivity contribution in [3.05, 3.63) is 54.4 Å². The Bertz CT molecular complexity index is 934. The zero-order valence-electron chi connectivity index (χ0n) is 14.1. The fraction of sp³-hybridized carbons (Fsp3) is 0.111. The van der Waals surface area contributed by atoms with Gasteiger partial charge in [0.05, 0.1) is 7.11 Å². The summed E-state index contributed by atoms with van der Waals surface area (Å²) in [5, 5.41) is 13.0. The van der Waals surface area contributed by atoms with Crippen molar-refractivity contribution in [1.82, 2.24) is 10.2 Å². The van der Waals surface area contributed by atoms with Gasteiger partial charge in [0, 0.05) is 23.9 Å². The van der Waals surface area contributed by atoms with Crippen molar-refractivity contribution < 1.29 is 18.7 Å². The number of anilines is 2. The number of carbonyl (C=O) groups is 2. The quantitative estimate of drug-likeness (QED) is 0.731. The Morgan fingerprint density at radius 1 is 1.00 bits per heavy atom. The Morgan fingerprint density at radius 2 is 1.69 bits per heavy atom. The fourth-order valence-corrected chi connectivity index (χ4v) is 2.21. The standard InChI is InChI=1S/C18H16N4O4/c1-11(23)19-13-6-8-14(9-7-13)20-16(24)18-22-21-17(26-18)12-4-3-5-15(10-12)25-2/h3-10H,1-2H3,(H,19,23)(H,20,24). The van der Waals surface area contributed by atoms with Gasteiger partial charge in [-0.1, -0.05) is 6.07 Å². The van der Waals surface area contributed by atoms with Gasteiger partial charge in [0.1, 0.15) is 5.75 Å². The molecule has 1 heterocycles. The predicted octanol–water partition coefficient (Wildman–Crippen LogP) is 2.96. The van der Waals surface area contributed by atoms with Crippen LogP contribution in [-0.2, 0) is 4.79 Å². The summed E-state index contributed by atoms with van der Waals surface area (Å²) in [6.45, 7) is 1.42. The molecule has 1 aromatic heterocycles. The molecule has 2 aromatic carbocycles. The van der Waals surface area contributed by atoms with Gasteiger partial charge in [-0.25, -0.2) is 0 Å². The second-order valence-corrected chi connectivity index (χ2v) is 5.36. The first kappa shape index (κ1) is 17.2. The average Bonchev–Trinajstić information content (AvgIpc) is 3.13. The SMILES string of the molecule is COc1cccc(-c2nnc(C(=O)Nc3ccc(NC(C)=O)cc3)o2)c1. The highest BCUT2D eigenvalue weighted by Gasteiger charge is 2.16. The Balaban J connectivity index is 1.70. The van der Waals surface area contributed by atoms with Gasteiger partial charge in [0.2, 0.25) is 11.8 Å². The van der Waals surface area contributed by atoms with Crippen LogP contribution < -0.4 is 15.4 Å².